The van der Waals surface area contributed by atoms with Gasteiger partial charge in [-0.25, -0.2) is 27.6 Å². The molecule has 0 saturated carbocycles. The summed E-state index contributed by atoms with van der Waals surface area (Å²) in [7, 11) is 3.85. The van der Waals surface area contributed by atoms with Crippen LogP contribution in [0.15, 0.2) is 138 Å². The molecular weight excluding hydrogens is 1190 g/mol. The van der Waals surface area contributed by atoms with E-state index in [-0.39, 0.29) is 60.1 Å². The number of halogens is 8. The lowest BCUT2D eigenvalue weighted by atomic mass is 10.0. The summed E-state index contributed by atoms with van der Waals surface area (Å²) >= 11 is 24.0. The molecule has 6 aromatic carbocycles. The number of carboxylic acid groups (broad SMARTS) is 1. The summed E-state index contributed by atoms with van der Waals surface area (Å²) in [5.41, 5.74) is 8.66. The molecule has 0 unspecified atom stereocenters. The van der Waals surface area contributed by atoms with Gasteiger partial charge in [0.1, 0.15) is 22.4 Å². The molecule has 23 heteroatoms. The molecule has 3 fully saturated rings. The number of carbonyl (C=O) groups excluding carboxylic acids is 4. The lowest BCUT2D eigenvalue weighted by Gasteiger charge is -2.19. The van der Waals surface area contributed by atoms with Gasteiger partial charge in [-0.05, 0) is 97.4 Å². The third kappa shape index (κ3) is 20.6. The fourth-order valence-electron chi connectivity index (χ4n) is 7.36. The molecule has 3 atom stereocenters. The summed E-state index contributed by atoms with van der Waals surface area (Å²) in [6.07, 6.45) is -1.12. The van der Waals surface area contributed by atoms with Crippen molar-refractivity contribution in [3.63, 3.8) is 0 Å². The van der Waals surface area contributed by atoms with Crippen LogP contribution in [-0.2, 0) is 23.9 Å². The maximum Gasteiger partial charge on any atom is 0.411 e. The molecule has 3 aliphatic rings. The summed E-state index contributed by atoms with van der Waals surface area (Å²) in [4.78, 5) is 61.9. The number of amides is 4. The van der Waals surface area contributed by atoms with Gasteiger partial charge < -0.3 is 41.2 Å². The van der Waals surface area contributed by atoms with Crippen LogP contribution in [0.1, 0.15) is 55.4 Å². The van der Waals surface area contributed by atoms with Crippen molar-refractivity contribution in [1.82, 2.24) is 20.0 Å². The maximum absolute atomic E-state index is 14.9. The molecule has 0 aliphatic carbocycles. The van der Waals surface area contributed by atoms with Gasteiger partial charge in [-0.15, -0.1) is 12.4 Å². The number of aliphatic carboxylic acids is 1. The Hall–Kier alpha value is -7.19. The molecule has 0 bridgehead atoms. The van der Waals surface area contributed by atoms with Gasteiger partial charge in [0.15, 0.2) is 23.5 Å². The molecule has 84 heavy (non-hydrogen) atoms. The van der Waals surface area contributed by atoms with E-state index in [1.165, 1.54) is 28.0 Å². The molecule has 0 radical (unpaired) electrons. The number of carbonyl (C=O) groups is 5. The molecule has 3 saturated heterocycles. The fraction of sp³-hybridized carbons (Fsp3) is 0.295. The molecule has 3 aliphatic heterocycles. The van der Waals surface area contributed by atoms with Gasteiger partial charge in [-0.1, -0.05) is 137 Å². The lowest BCUT2D eigenvalue weighted by Crippen LogP contribution is -2.30. The van der Waals surface area contributed by atoms with Crippen LogP contribution in [0.2, 0.25) is 15.1 Å². The number of nitrogens with two attached hydrogens (primary N) is 1. The second-order valence-corrected chi connectivity index (χ2v) is 22.8. The van der Waals surface area contributed by atoms with Gasteiger partial charge in [0.05, 0.1) is 36.2 Å². The number of nitrogen functional groups attached to an aromatic ring is 1. The van der Waals surface area contributed by atoms with E-state index < -0.39 is 64.8 Å². The Bertz CT molecular complexity index is 3350. The highest BCUT2D eigenvalue weighted by Crippen LogP contribution is 2.36. The zero-order valence-electron chi connectivity index (χ0n) is 47.8. The molecule has 3 heterocycles. The predicted molar refractivity (Wildman–Crippen MR) is 330 cm³/mol. The first-order valence-electron chi connectivity index (χ1n) is 25.8. The molecule has 4 amide bonds. The third-order valence-electron chi connectivity index (χ3n) is 11.6. The van der Waals surface area contributed by atoms with Crippen LogP contribution in [0.4, 0.5) is 39.8 Å². The van der Waals surface area contributed by atoms with E-state index in [1.807, 2.05) is 38.9 Å². The van der Waals surface area contributed by atoms with E-state index in [9.17, 15) is 37.1 Å². The van der Waals surface area contributed by atoms with Crippen molar-refractivity contribution < 1.29 is 51.7 Å². The summed E-state index contributed by atoms with van der Waals surface area (Å²) in [6.45, 7) is 15.6. The fourth-order valence-corrected chi connectivity index (χ4v) is 8.07. The zero-order chi connectivity index (χ0) is 61.7. The normalized spacial score (nSPS) is 15.1. The molecule has 9 rings (SSSR count). The number of carboxylic acids is 1. The smallest absolute Gasteiger partial charge is 0.411 e. The number of allylic oxidation sites excluding steroid dienone is 1. The number of ether oxygens (including phenoxy) is 2. The minimum absolute atomic E-state index is 0. The molecule has 450 valence electrons. The maximum atomic E-state index is 14.9. The predicted octanol–water partition coefficient (Wildman–Crippen LogP) is 14.6. The average molecular weight is 1260 g/mol. The van der Waals surface area contributed by atoms with Gasteiger partial charge in [-0.2, -0.15) is 0 Å². The van der Waals surface area contributed by atoms with Crippen LogP contribution < -0.4 is 21.7 Å². The topological polar surface area (TPSA) is 205 Å². The van der Waals surface area contributed by atoms with Crippen molar-refractivity contribution in [2.45, 2.75) is 84.7 Å². The highest BCUT2D eigenvalue weighted by atomic mass is 35.5. The standard InChI is InChI=1S/C20H20ClFN2O3.C15H12ClFN2O.C12H9ClFN.C8H13NO4.C6H12ClN.ClH/c1-20(2,3)27-19(26)24-11-16(24)18(25)23-15-10-6-8-13(17(15)22)12-7-4-5-9-14(12)21;16-11-6-2-1-4-9(11)10-5-3-7-12(14(10)17)19-15(20)13-8-18-13;13-10-6-2-1-4-8(10)9-5-3-7-11(15)12(9)14;1-8(2,3)13-7(12)9-4-5(9)6(10)11;1-5(2)6(7)8(3)4;/h4-10,16H,11H2,1-3H3,(H,23,25);1-7,13,18H,8H2,(H,19,20);1-7H,15H2;5H,4H2,1-3H3,(H,10,11);1-4H3;1H/t16-,24?;13-;;5-,9?;;/m00.0../s1. The molecule has 6 N–H and O–H groups in total. The third-order valence-corrected chi connectivity index (χ3v) is 13.3. The Morgan fingerprint density at radius 3 is 1.26 bits per heavy atom. The van der Waals surface area contributed by atoms with E-state index in [2.05, 4.69) is 16.0 Å². The first-order chi connectivity index (χ1) is 38.9. The summed E-state index contributed by atoms with van der Waals surface area (Å²) < 4.78 is 53.2. The van der Waals surface area contributed by atoms with E-state index in [0.29, 0.717) is 49.4 Å². The second kappa shape index (κ2) is 30.6. The highest BCUT2D eigenvalue weighted by Gasteiger charge is 2.47. The van der Waals surface area contributed by atoms with Gasteiger partial charge in [0.2, 0.25) is 11.8 Å². The van der Waals surface area contributed by atoms with Crippen molar-refractivity contribution in [3.8, 4) is 33.4 Å². The average Bonchev–Trinajstić information content (AvgIpc) is 4.47. The monoisotopic (exact) mass is 1260 g/mol. The van der Waals surface area contributed by atoms with Crippen LogP contribution in [0.5, 0.6) is 0 Å². The Kier molecular flexibility index (Phi) is 25.2. The van der Waals surface area contributed by atoms with Gasteiger partial charge in [-0.3, -0.25) is 19.4 Å². The quantitative estimate of drug-likeness (QED) is 0.0523. The second-order valence-electron chi connectivity index (χ2n) is 21.2. The lowest BCUT2D eigenvalue weighted by molar-refractivity contribution is -0.137. The van der Waals surface area contributed by atoms with Crippen molar-refractivity contribution >= 4 is 106 Å². The summed E-state index contributed by atoms with van der Waals surface area (Å²) in [5, 5.41) is 18.7. The van der Waals surface area contributed by atoms with Crippen LogP contribution in [0.25, 0.3) is 33.4 Å². The largest absolute Gasteiger partial charge is 0.480 e. The first kappa shape index (κ1) is 69.3. The van der Waals surface area contributed by atoms with E-state index in [1.54, 1.807) is 145 Å². The zero-order valence-corrected chi connectivity index (χ0v) is 51.6. The molecule has 0 spiro atoms. The summed E-state index contributed by atoms with van der Waals surface area (Å²) in [6, 6.07) is 33.9. The van der Waals surface area contributed by atoms with E-state index in [0.717, 1.165) is 10.7 Å². The Morgan fingerprint density at radius 1 is 0.583 bits per heavy atom. The molecule has 6 aromatic rings. The van der Waals surface area contributed by atoms with Crippen LogP contribution in [0.3, 0.4) is 0 Å². The first-order valence-corrected chi connectivity index (χ1v) is 27.3. The van der Waals surface area contributed by atoms with Gasteiger partial charge in [0.25, 0.3) is 0 Å². The van der Waals surface area contributed by atoms with Gasteiger partial charge >= 0.3 is 18.2 Å². The number of nitrogens with zero attached hydrogens (tertiary/aromatic N) is 3. The number of nitrogens with one attached hydrogen (secondary N) is 3. The van der Waals surface area contributed by atoms with Crippen LogP contribution in [0, 0.1) is 17.5 Å². The van der Waals surface area contributed by atoms with Crippen molar-refractivity contribution in [1.29, 1.82) is 0 Å². The molecular formula is C61H67Cl5F3N7O8. The number of hydrogen-bond donors (Lipinski definition) is 5. The number of rotatable bonds is 9. The van der Waals surface area contributed by atoms with Crippen molar-refractivity contribution in [2.75, 3.05) is 50.1 Å². The Balaban J connectivity index is 0.000000237. The van der Waals surface area contributed by atoms with Crippen LogP contribution >= 0.6 is 58.8 Å². The van der Waals surface area contributed by atoms with Crippen molar-refractivity contribution in [3.05, 3.63) is 171 Å². The minimum atomic E-state index is -0.981. The Morgan fingerprint density at radius 2 is 0.929 bits per heavy atom. The van der Waals surface area contributed by atoms with E-state index >= 15 is 0 Å². The SMILES string of the molecule is CC(C)(C)OC(=O)N1C[C@H]1C(=O)Nc1cccc(-c2ccccc2Cl)c1F.CC(C)(C)OC(=O)N1C[C@H]1C(=O)O.CC(C)=C(Cl)N(C)C.Cl.Nc1cccc(-c2ccccc2Cl)c1F.O=C(Nc1cccc(-c2ccccc2Cl)c1F)[C@@H]1CN1. The number of benzene rings is 6. The summed E-state index contributed by atoms with van der Waals surface area (Å²) in [5.74, 6) is -3.15. The van der Waals surface area contributed by atoms with Crippen LogP contribution in [-0.4, -0.2) is 113 Å². The highest BCUT2D eigenvalue weighted by molar-refractivity contribution is 6.34. The molecule has 15 nitrogen and oxygen atoms in total. The minimum Gasteiger partial charge on any atom is -0.480 e. The van der Waals surface area contributed by atoms with Crippen molar-refractivity contribution in [2.24, 2.45) is 0 Å². The Labute approximate surface area is 513 Å². The van der Waals surface area contributed by atoms with E-state index in [4.69, 9.17) is 66.7 Å². The number of anilines is 3. The van der Waals surface area contributed by atoms with Gasteiger partial charge in [0, 0.05) is 69.1 Å². The number of hydrogen-bond acceptors (Lipinski definition) is 10. The molecule has 0 aromatic heterocycles.